The van der Waals surface area contributed by atoms with Crippen LogP contribution in [-0.2, 0) is 16.0 Å². The second kappa shape index (κ2) is 7.63. The van der Waals surface area contributed by atoms with Gasteiger partial charge in [-0.1, -0.05) is 56.5 Å². The Morgan fingerprint density at radius 3 is 2.71 bits per heavy atom. The molecule has 0 radical (unpaired) electrons. The largest absolute Gasteiger partial charge is 0.469 e. The van der Waals surface area contributed by atoms with Gasteiger partial charge in [0.25, 0.3) is 0 Å². The van der Waals surface area contributed by atoms with Crippen LogP contribution >= 0.6 is 0 Å². The SMILES string of the molecule is CCCC1CCCCC1(CCc1ccccc1)C(=O)OC. The van der Waals surface area contributed by atoms with E-state index in [-0.39, 0.29) is 11.4 Å². The average Bonchev–Trinajstić information content (AvgIpc) is 2.54. The summed E-state index contributed by atoms with van der Waals surface area (Å²) in [5, 5.41) is 0. The minimum Gasteiger partial charge on any atom is -0.469 e. The van der Waals surface area contributed by atoms with E-state index >= 15 is 0 Å². The number of rotatable bonds is 6. The molecule has 0 saturated heterocycles. The van der Waals surface area contributed by atoms with Crippen molar-refractivity contribution in [2.24, 2.45) is 11.3 Å². The maximum Gasteiger partial charge on any atom is 0.312 e. The summed E-state index contributed by atoms with van der Waals surface area (Å²) < 4.78 is 5.22. The van der Waals surface area contributed by atoms with Gasteiger partial charge >= 0.3 is 5.97 Å². The number of hydrogen-bond acceptors (Lipinski definition) is 2. The van der Waals surface area contributed by atoms with Crippen molar-refractivity contribution in [1.29, 1.82) is 0 Å². The van der Waals surface area contributed by atoms with Crippen LogP contribution in [0.5, 0.6) is 0 Å². The lowest BCUT2D eigenvalue weighted by atomic mass is 9.62. The van der Waals surface area contributed by atoms with E-state index in [4.69, 9.17) is 4.74 Å². The van der Waals surface area contributed by atoms with Gasteiger partial charge in [-0.15, -0.1) is 0 Å². The Bertz CT molecular complexity index is 438. The molecule has 2 atom stereocenters. The number of carbonyl (C=O) groups excluding carboxylic acids is 1. The molecule has 2 rings (SSSR count). The van der Waals surface area contributed by atoms with Gasteiger partial charge in [0.15, 0.2) is 0 Å². The summed E-state index contributed by atoms with van der Waals surface area (Å²) >= 11 is 0. The summed E-state index contributed by atoms with van der Waals surface area (Å²) in [6.07, 6.45) is 8.77. The van der Waals surface area contributed by atoms with Gasteiger partial charge in [0.2, 0.25) is 0 Å². The molecule has 1 aliphatic rings. The van der Waals surface area contributed by atoms with Crippen molar-refractivity contribution in [3.63, 3.8) is 0 Å². The standard InChI is InChI=1S/C19H28O2/c1-3-9-17-12-7-8-14-19(17,18(20)21-2)15-13-16-10-5-4-6-11-16/h4-6,10-11,17H,3,7-9,12-15H2,1-2H3. The lowest BCUT2D eigenvalue weighted by molar-refractivity contribution is -0.160. The van der Waals surface area contributed by atoms with Crippen molar-refractivity contribution in [3.05, 3.63) is 35.9 Å². The molecule has 1 aromatic rings. The Kier molecular flexibility index (Phi) is 5.84. The predicted octanol–water partition coefficient (Wildman–Crippen LogP) is 4.77. The van der Waals surface area contributed by atoms with Crippen molar-refractivity contribution in [3.8, 4) is 0 Å². The second-order valence-electron chi connectivity index (χ2n) is 6.36. The molecule has 0 bridgehead atoms. The van der Waals surface area contributed by atoms with Gasteiger partial charge in [0, 0.05) is 0 Å². The predicted molar refractivity (Wildman–Crippen MR) is 86.1 cm³/mol. The van der Waals surface area contributed by atoms with Crippen LogP contribution < -0.4 is 0 Å². The molecule has 116 valence electrons. The first kappa shape index (κ1) is 16.1. The Morgan fingerprint density at radius 1 is 1.29 bits per heavy atom. The average molecular weight is 288 g/mol. The van der Waals surface area contributed by atoms with Gasteiger partial charge in [-0.3, -0.25) is 4.79 Å². The molecule has 0 aromatic heterocycles. The van der Waals surface area contributed by atoms with Crippen LogP contribution in [0.15, 0.2) is 30.3 Å². The van der Waals surface area contributed by atoms with E-state index in [0.29, 0.717) is 5.92 Å². The first-order valence-corrected chi connectivity index (χ1v) is 8.35. The molecule has 0 heterocycles. The topological polar surface area (TPSA) is 26.3 Å². The molecule has 1 saturated carbocycles. The Hall–Kier alpha value is -1.31. The van der Waals surface area contributed by atoms with E-state index in [1.807, 2.05) is 6.07 Å². The zero-order valence-electron chi connectivity index (χ0n) is 13.4. The Balaban J connectivity index is 2.17. The number of hydrogen-bond donors (Lipinski definition) is 0. The molecule has 21 heavy (non-hydrogen) atoms. The van der Waals surface area contributed by atoms with Crippen LogP contribution in [0.2, 0.25) is 0 Å². The van der Waals surface area contributed by atoms with E-state index in [0.717, 1.165) is 38.5 Å². The van der Waals surface area contributed by atoms with E-state index < -0.39 is 0 Å². The van der Waals surface area contributed by atoms with Gasteiger partial charge in [-0.05, 0) is 43.6 Å². The van der Waals surface area contributed by atoms with Crippen molar-refractivity contribution in [2.75, 3.05) is 7.11 Å². The summed E-state index contributed by atoms with van der Waals surface area (Å²) in [6, 6.07) is 10.5. The summed E-state index contributed by atoms with van der Waals surface area (Å²) in [4.78, 5) is 12.6. The maximum atomic E-state index is 12.6. The molecule has 1 fully saturated rings. The van der Waals surface area contributed by atoms with Crippen molar-refractivity contribution in [1.82, 2.24) is 0 Å². The van der Waals surface area contributed by atoms with Gasteiger partial charge in [0.05, 0.1) is 12.5 Å². The van der Waals surface area contributed by atoms with E-state index in [1.54, 1.807) is 7.11 Å². The van der Waals surface area contributed by atoms with Crippen molar-refractivity contribution in [2.45, 2.75) is 58.3 Å². The zero-order valence-corrected chi connectivity index (χ0v) is 13.4. The highest BCUT2D eigenvalue weighted by Crippen LogP contribution is 2.47. The Morgan fingerprint density at radius 2 is 2.05 bits per heavy atom. The zero-order chi connectivity index (χ0) is 15.1. The third-order valence-corrected chi connectivity index (χ3v) is 5.14. The van der Waals surface area contributed by atoms with Crippen LogP contribution in [0.25, 0.3) is 0 Å². The van der Waals surface area contributed by atoms with Gasteiger partial charge < -0.3 is 4.74 Å². The molecule has 2 heteroatoms. The van der Waals surface area contributed by atoms with E-state index in [2.05, 4.69) is 31.2 Å². The monoisotopic (exact) mass is 288 g/mol. The summed E-state index contributed by atoms with van der Waals surface area (Å²) in [5.74, 6) is 0.518. The molecule has 0 spiro atoms. The van der Waals surface area contributed by atoms with E-state index in [9.17, 15) is 4.79 Å². The van der Waals surface area contributed by atoms with Gasteiger partial charge in [-0.2, -0.15) is 0 Å². The molecule has 1 aromatic carbocycles. The number of aryl methyl sites for hydroxylation is 1. The fourth-order valence-electron chi connectivity index (χ4n) is 4.00. The molecule has 2 unspecified atom stereocenters. The van der Waals surface area contributed by atoms with Crippen LogP contribution in [0.1, 0.15) is 57.4 Å². The smallest absolute Gasteiger partial charge is 0.312 e. The third kappa shape index (κ3) is 3.66. The number of carbonyl (C=O) groups is 1. The van der Waals surface area contributed by atoms with Gasteiger partial charge in [0.1, 0.15) is 0 Å². The fourth-order valence-corrected chi connectivity index (χ4v) is 4.00. The van der Waals surface area contributed by atoms with Crippen LogP contribution in [0.3, 0.4) is 0 Å². The van der Waals surface area contributed by atoms with Crippen LogP contribution in [0, 0.1) is 11.3 Å². The molecule has 0 amide bonds. The molecule has 2 nitrogen and oxygen atoms in total. The minimum atomic E-state index is -0.251. The highest BCUT2D eigenvalue weighted by Gasteiger charge is 2.46. The lowest BCUT2D eigenvalue weighted by Gasteiger charge is -2.42. The number of methoxy groups -OCH3 is 1. The highest BCUT2D eigenvalue weighted by molar-refractivity contribution is 5.77. The molecular formula is C19H28O2. The molecule has 1 aliphatic carbocycles. The van der Waals surface area contributed by atoms with Crippen molar-refractivity contribution >= 4 is 5.97 Å². The van der Waals surface area contributed by atoms with Crippen molar-refractivity contribution < 1.29 is 9.53 Å². The molecule has 0 aliphatic heterocycles. The lowest BCUT2D eigenvalue weighted by Crippen LogP contribution is -2.42. The summed E-state index contributed by atoms with van der Waals surface area (Å²) in [6.45, 7) is 2.22. The first-order valence-electron chi connectivity index (χ1n) is 8.35. The quantitative estimate of drug-likeness (QED) is 0.705. The Labute approximate surface area is 128 Å². The van der Waals surface area contributed by atoms with Crippen LogP contribution in [0.4, 0.5) is 0 Å². The minimum absolute atomic E-state index is 0.0246. The maximum absolute atomic E-state index is 12.6. The normalized spacial score (nSPS) is 25.5. The summed E-state index contributed by atoms with van der Waals surface area (Å²) in [5.41, 5.74) is 1.07. The summed E-state index contributed by atoms with van der Waals surface area (Å²) in [7, 11) is 1.55. The number of benzene rings is 1. The molecule has 0 N–H and O–H groups in total. The van der Waals surface area contributed by atoms with Crippen LogP contribution in [-0.4, -0.2) is 13.1 Å². The second-order valence-corrected chi connectivity index (χ2v) is 6.36. The van der Waals surface area contributed by atoms with E-state index in [1.165, 1.54) is 18.4 Å². The first-order chi connectivity index (χ1) is 10.2. The third-order valence-electron chi connectivity index (χ3n) is 5.14. The number of esters is 1. The highest BCUT2D eigenvalue weighted by atomic mass is 16.5. The molecular weight excluding hydrogens is 260 g/mol. The number of ether oxygens (including phenoxy) is 1. The fraction of sp³-hybridized carbons (Fsp3) is 0.632. The van der Waals surface area contributed by atoms with Gasteiger partial charge in [-0.25, -0.2) is 0 Å².